The van der Waals surface area contributed by atoms with Crippen LogP contribution in [0.1, 0.15) is 16.7 Å². The SMILES string of the molecule is Cc1ccc(C(O)(c2ccoc2)C(F)(F)C(F)(F)F)cc1. The van der Waals surface area contributed by atoms with Crippen molar-refractivity contribution in [2.75, 3.05) is 0 Å². The molecule has 21 heavy (non-hydrogen) atoms. The standard InChI is InChI=1S/C14H11F5O2/c1-9-2-4-10(5-3-9)12(20,11-6-7-21-8-11)13(15,16)14(17,18)19/h2-8,20H,1H3. The molecule has 0 amide bonds. The summed E-state index contributed by atoms with van der Waals surface area (Å²) in [4.78, 5) is 0. The van der Waals surface area contributed by atoms with Crippen molar-refractivity contribution in [1.82, 2.24) is 0 Å². The fourth-order valence-corrected chi connectivity index (χ4v) is 2.00. The van der Waals surface area contributed by atoms with Crippen LogP contribution in [0.15, 0.2) is 47.3 Å². The molecular weight excluding hydrogens is 295 g/mol. The molecule has 0 spiro atoms. The van der Waals surface area contributed by atoms with Gasteiger partial charge in [-0.15, -0.1) is 0 Å². The summed E-state index contributed by atoms with van der Waals surface area (Å²) >= 11 is 0. The lowest BCUT2D eigenvalue weighted by Gasteiger charge is -2.36. The van der Waals surface area contributed by atoms with Gasteiger partial charge < -0.3 is 9.52 Å². The van der Waals surface area contributed by atoms with Crippen molar-refractivity contribution in [3.63, 3.8) is 0 Å². The minimum Gasteiger partial charge on any atom is -0.472 e. The fraction of sp³-hybridized carbons (Fsp3) is 0.286. The van der Waals surface area contributed by atoms with Crippen LogP contribution in [0.2, 0.25) is 0 Å². The van der Waals surface area contributed by atoms with Gasteiger partial charge in [-0.2, -0.15) is 22.0 Å². The normalized spacial score (nSPS) is 15.8. The zero-order valence-corrected chi connectivity index (χ0v) is 10.8. The highest BCUT2D eigenvalue weighted by Crippen LogP contribution is 2.51. The van der Waals surface area contributed by atoms with E-state index in [4.69, 9.17) is 0 Å². The highest BCUT2D eigenvalue weighted by molar-refractivity contribution is 5.39. The zero-order valence-electron chi connectivity index (χ0n) is 10.8. The summed E-state index contributed by atoms with van der Waals surface area (Å²) in [6, 6.07) is 5.61. The summed E-state index contributed by atoms with van der Waals surface area (Å²) in [5.41, 5.74) is -4.15. The van der Waals surface area contributed by atoms with Crippen molar-refractivity contribution in [3.8, 4) is 0 Å². The summed E-state index contributed by atoms with van der Waals surface area (Å²) in [6.07, 6.45) is -4.34. The van der Waals surface area contributed by atoms with Gasteiger partial charge in [0.25, 0.3) is 0 Å². The quantitative estimate of drug-likeness (QED) is 0.869. The number of aliphatic hydroxyl groups is 1. The van der Waals surface area contributed by atoms with Crippen molar-refractivity contribution >= 4 is 0 Å². The molecule has 114 valence electrons. The van der Waals surface area contributed by atoms with Gasteiger partial charge >= 0.3 is 12.1 Å². The Bertz CT molecular complexity index is 601. The number of hydrogen-bond donors (Lipinski definition) is 1. The molecule has 2 nitrogen and oxygen atoms in total. The molecule has 0 saturated heterocycles. The van der Waals surface area contributed by atoms with Crippen LogP contribution in [-0.4, -0.2) is 17.2 Å². The topological polar surface area (TPSA) is 33.4 Å². The summed E-state index contributed by atoms with van der Waals surface area (Å²) in [5, 5.41) is 10.3. The van der Waals surface area contributed by atoms with Gasteiger partial charge in [0, 0.05) is 5.56 Å². The van der Waals surface area contributed by atoms with Gasteiger partial charge in [-0.3, -0.25) is 0 Å². The maximum absolute atomic E-state index is 13.9. The van der Waals surface area contributed by atoms with Gasteiger partial charge in [-0.05, 0) is 18.6 Å². The predicted octanol–water partition coefficient (Wildman–Crippen LogP) is 4.02. The molecule has 0 aliphatic rings. The molecule has 2 aromatic rings. The number of benzene rings is 1. The van der Waals surface area contributed by atoms with Gasteiger partial charge in [0.2, 0.25) is 0 Å². The molecular formula is C14H11F5O2. The van der Waals surface area contributed by atoms with E-state index in [1.54, 1.807) is 6.92 Å². The third-order valence-corrected chi connectivity index (χ3v) is 3.22. The number of hydrogen-bond acceptors (Lipinski definition) is 2. The molecule has 0 radical (unpaired) electrons. The van der Waals surface area contributed by atoms with E-state index in [1.165, 1.54) is 12.1 Å². The average Bonchev–Trinajstić information content (AvgIpc) is 2.91. The second kappa shape index (κ2) is 4.84. The van der Waals surface area contributed by atoms with E-state index in [0.29, 0.717) is 11.8 Å². The van der Waals surface area contributed by atoms with E-state index < -0.39 is 28.8 Å². The van der Waals surface area contributed by atoms with Crippen molar-refractivity contribution in [3.05, 3.63) is 59.5 Å². The average molecular weight is 306 g/mol. The van der Waals surface area contributed by atoms with Crippen LogP contribution in [0.3, 0.4) is 0 Å². The summed E-state index contributed by atoms with van der Waals surface area (Å²) in [6.45, 7) is 1.64. The van der Waals surface area contributed by atoms with Crippen molar-refractivity contribution in [2.45, 2.75) is 24.6 Å². The van der Waals surface area contributed by atoms with Gasteiger partial charge in [0.15, 0.2) is 5.60 Å². The second-order valence-electron chi connectivity index (χ2n) is 4.66. The van der Waals surface area contributed by atoms with Gasteiger partial charge in [-0.1, -0.05) is 29.8 Å². The van der Waals surface area contributed by atoms with E-state index in [2.05, 4.69) is 4.42 Å². The highest BCUT2D eigenvalue weighted by Gasteiger charge is 2.71. The van der Waals surface area contributed by atoms with Gasteiger partial charge in [0.05, 0.1) is 12.5 Å². The monoisotopic (exact) mass is 306 g/mol. The van der Waals surface area contributed by atoms with Crippen molar-refractivity contribution in [2.24, 2.45) is 0 Å². The minimum absolute atomic E-state index is 0.572. The molecule has 0 fully saturated rings. The maximum Gasteiger partial charge on any atom is 0.457 e. The van der Waals surface area contributed by atoms with Crippen LogP contribution in [0, 0.1) is 6.92 Å². The number of aryl methyl sites for hydroxylation is 1. The minimum atomic E-state index is -5.93. The molecule has 1 N–H and O–H groups in total. The van der Waals surface area contributed by atoms with Crippen molar-refractivity contribution in [1.29, 1.82) is 0 Å². The first kappa shape index (κ1) is 15.5. The molecule has 7 heteroatoms. The summed E-state index contributed by atoms with van der Waals surface area (Å²) in [7, 11) is 0. The molecule has 1 aromatic heterocycles. The largest absolute Gasteiger partial charge is 0.472 e. The Morgan fingerprint density at radius 2 is 1.48 bits per heavy atom. The van der Waals surface area contributed by atoms with Crippen LogP contribution in [0.4, 0.5) is 22.0 Å². The van der Waals surface area contributed by atoms with E-state index in [0.717, 1.165) is 24.5 Å². The third kappa shape index (κ3) is 2.31. The lowest BCUT2D eigenvalue weighted by atomic mass is 9.81. The lowest BCUT2D eigenvalue weighted by molar-refractivity contribution is -0.336. The van der Waals surface area contributed by atoms with Crippen LogP contribution in [0.25, 0.3) is 0 Å². The highest BCUT2D eigenvalue weighted by atomic mass is 19.4. The number of furan rings is 1. The first-order valence-electron chi connectivity index (χ1n) is 5.87. The first-order chi connectivity index (χ1) is 9.60. The van der Waals surface area contributed by atoms with Crippen LogP contribution >= 0.6 is 0 Å². The summed E-state index contributed by atoms with van der Waals surface area (Å²) in [5.74, 6) is -5.39. The van der Waals surface area contributed by atoms with E-state index >= 15 is 0 Å². The summed E-state index contributed by atoms with van der Waals surface area (Å²) < 4.78 is 70.6. The van der Waals surface area contributed by atoms with Gasteiger partial charge in [0.1, 0.15) is 0 Å². The van der Waals surface area contributed by atoms with E-state index in [-0.39, 0.29) is 0 Å². The third-order valence-electron chi connectivity index (χ3n) is 3.22. The lowest BCUT2D eigenvalue weighted by Crippen LogP contribution is -2.55. The Morgan fingerprint density at radius 1 is 0.905 bits per heavy atom. The number of rotatable bonds is 3. The molecule has 0 saturated carbocycles. The smallest absolute Gasteiger partial charge is 0.457 e. The second-order valence-corrected chi connectivity index (χ2v) is 4.66. The molecule has 2 rings (SSSR count). The Hall–Kier alpha value is -1.89. The van der Waals surface area contributed by atoms with E-state index in [9.17, 15) is 27.1 Å². The predicted molar refractivity (Wildman–Crippen MR) is 63.9 cm³/mol. The van der Waals surface area contributed by atoms with Crippen LogP contribution < -0.4 is 0 Å². The number of alkyl halides is 5. The Kier molecular flexibility index (Phi) is 3.57. The first-order valence-corrected chi connectivity index (χ1v) is 5.87. The molecule has 1 heterocycles. The molecule has 1 aromatic carbocycles. The molecule has 0 aliphatic carbocycles. The molecule has 1 unspecified atom stereocenters. The molecule has 0 aliphatic heterocycles. The van der Waals surface area contributed by atoms with Crippen LogP contribution in [-0.2, 0) is 5.60 Å². The Balaban J connectivity index is 2.69. The number of halogens is 5. The zero-order chi connectivity index (χ0) is 15.9. The van der Waals surface area contributed by atoms with Gasteiger partial charge in [-0.25, -0.2) is 0 Å². The molecule has 1 atom stereocenters. The maximum atomic E-state index is 13.9. The Labute approximate surface area is 116 Å². The molecule has 0 bridgehead atoms. The van der Waals surface area contributed by atoms with Crippen molar-refractivity contribution < 1.29 is 31.5 Å². The van der Waals surface area contributed by atoms with Crippen LogP contribution in [0.5, 0.6) is 0 Å². The fourth-order valence-electron chi connectivity index (χ4n) is 2.00. The Morgan fingerprint density at radius 3 is 1.90 bits per heavy atom. The van der Waals surface area contributed by atoms with E-state index in [1.807, 2.05) is 0 Å².